The Morgan fingerprint density at radius 1 is 1.44 bits per heavy atom. The lowest BCUT2D eigenvalue weighted by molar-refractivity contribution is 0.0686. The van der Waals surface area contributed by atoms with E-state index in [1.165, 1.54) is 29.2 Å². The number of aromatic amines is 1. The van der Waals surface area contributed by atoms with Crippen molar-refractivity contribution in [2.24, 2.45) is 7.05 Å². The molecule has 0 amide bonds. The van der Waals surface area contributed by atoms with Crippen LogP contribution in [0.2, 0.25) is 0 Å². The molecule has 0 bridgehead atoms. The van der Waals surface area contributed by atoms with Crippen LogP contribution < -0.4 is 0 Å². The summed E-state index contributed by atoms with van der Waals surface area (Å²) in [6, 6.07) is 1.34. The van der Waals surface area contributed by atoms with Gasteiger partial charge in [0.2, 0.25) is 0 Å². The van der Waals surface area contributed by atoms with Crippen LogP contribution in [-0.4, -0.2) is 31.6 Å². The van der Waals surface area contributed by atoms with Crippen LogP contribution in [0, 0.1) is 0 Å². The van der Waals surface area contributed by atoms with Crippen LogP contribution >= 0.6 is 0 Å². The molecule has 0 radical (unpaired) electrons. The first-order chi connectivity index (χ1) is 7.59. The largest absolute Gasteiger partial charge is 0.477 e. The smallest absolute Gasteiger partial charge is 0.352 e. The Labute approximate surface area is 90.5 Å². The standard InChI is InChI=1S/C10H9N3O3/c1-13-5-6(2-8(13)10(15)16)9(14)7-3-11-12-4-7/h2-5H,1H3,(H,11,12)(H,15,16). The molecule has 2 heterocycles. The Hall–Kier alpha value is -2.37. The summed E-state index contributed by atoms with van der Waals surface area (Å²) >= 11 is 0. The number of hydrogen-bond acceptors (Lipinski definition) is 3. The fraction of sp³-hybridized carbons (Fsp3) is 0.100. The van der Waals surface area contributed by atoms with Gasteiger partial charge in [-0.1, -0.05) is 0 Å². The molecule has 0 unspecified atom stereocenters. The predicted molar refractivity (Wildman–Crippen MR) is 54.4 cm³/mol. The maximum atomic E-state index is 11.8. The molecule has 2 N–H and O–H groups in total. The average Bonchev–Trinajstić information content (AvgIpc) is 2.84. The number of carboxylic acid groups (broad SMARTS) is 1. The third-order valence-electron chi connectivity index (χ3n) is 2.25. The fourth-order valence-electron chi connectivity index (χ4n) is 1.44. The molecule has 0 aliphatic rings. The van der Waals surface area contributed by atoms with E-state index in [1.54, 1.807) is 7.05 Å². The molecule has 2 aromatic rings. The summed E-state index contributed by atoms with van der Waals surface area (Å²) in [5.74, 6) is -1.31. The lowest BCUT2D eigenvalue weighted by Crippen LogP contribution is -2.02. The van der Waals surface area contributed by atoms with Gasteiger partial charge >= 0.3 is 5.97 Å². The minimum absolute atomic E-state index is 0.0758. The predicted octanol–water partition coefficient (Wildman–Crippen LogP) is 0.677. The highest BCUT2D eigenvalue weighted by Crippen LogP contribution is 2.12. The number of aromatic nitrogens is 3. The molecule has 0 fully saturated rings. The Kier molecular flexibility index (Phi) is 2.32. The van der Waals surface area contributed by atoms with Crippen molar-refractivity contribution in [2.75, 3.05) is 0 Å². The van der Waals surface area contributed by atoms with Crippen molar-refractivity contribution < 1.29 is 14.7 Å². The van der Waals surface area contributed by atoms with Crippen LogP contribution in [0.5, 0.6) is 0 Å². The Morgan fingerprint density at radius 3 is 2.69 bits per heavy atom. The zero-order valence-corrected chi connectivity index (χ0v) is 8.47. The summed E-state index contributed by atoms with van der Waals surface area (Å²) in [6.45, 7) is 0. The molecule has 6 nitrogen and oxygen atoms in total. The quantitative estimate of drug-likeness (QED) is 0.743. The number of nitrogens with zero attached hydrogens (tertiary/aromatic N) is 2. The molecule has 0 aromatic carbocycles. The van der Waals surface area contributed by atoms with Gasteiger partial charge in [0.05, 0.1) is 11.8 Å². The van der Waals surface area contributed by atoms with E-state index in [4.69, 9.17) is 5.11 Å². The van der Waals surface area contributed by atoms with E-state index in [0.717, 1.165) is 0 Å². The normalized spacial score (nSPS) is 10.3. The van der Waals surface area contributed by atoms with E-state index in [-0.39, 0.29) is 11.5 Å². The maximum absolute atomic E-state index is 11.8. The van der Waals surface area contributed by atoms with Gasteiger partial charge in [0.1, 0.15) is 5.69 Å². The summed E-state index contributed by atoms with van der Waals surface area (Å²) in [5, 5.41) is 15.0. The lowest BCUT2D eigenvalue weighted by Gasteiger charge is -1.93. The third kappa shape index (κ3) is 1.60. The van der Waals surface area contributed by atoms with Gasteiger partial charge in [-0.05, 0) is 6.07 Å². The van der Waals surface area contributed by atoms with Crippen molar-refractivity contribution in [3.63, 3.8) is 0 Å². The highest BCUT2D eigenvalue weighted by Gasteiger charge is 2.16. The number of carbonyl (C=O) groups excluding carboxylic acids is 1. The van der Waals surface area contributed by atoms with Crippen molar-refractivity contribution in [1.29, 1.82) is 0 Å². The number of aromatic carboxylic acids is 1. The summed E-state index contributed by atoms with van der Waals surface area (Å²) in [6.07, 6.45) is 4.35. The molecule has 2 aromatic heterocycles. The average molecular weight is 219 g/mol. The van der Waals surface area contributed by atoms with Gasteiger partial charge in [-0.2, -0.15) is 5.10 Å². The first-order valence-corrected chi connectivity index (χ1v) is 4.52. The molecule has 0 aliphatic carbocycles. The van der Waals surface area contributed by atoms with Crippen molar-refractivity contribution in [1.82, 2.24) is 14.8 Å². The molecular formula is C10H9N3O3. The van der Waals surface area contributed by atoms with Crippen LogP contribution in [0.25, 0.3) is 0 Å². The first kappa shape index (κ1) is 10.2. The monoisotopic (exact) mass is 219 g/mol. The zero-order valence-electron chi connectivity index (χ0n) is 8.47. The van der Waals surface area contributed by atoms with E-state index in [0.29, 0.717) is 11.1 Å². The van der Waals surface area contributed by atoms with Gasteiger partial charge in [-0.25, -0.2) is 4.79 Å². The van der Waals surface area contributed by atoms with Crippen molar-refractivity contribution in [3.05, 3.63) is 41.5 Å². The summed E-state index contributed by atoms with van der Waals surface area (Å²) in [5.41, 5.74) is 0.815. The lowest BCUT2D eigenvalue weighted by atomic mass is 10.1. The number of ketones is 1. The van der Waals surface area contributed by atoms with Crippen LogP contribution in [0.4, 0.5) is 0 Å². The Bertz CT molecular complexity index is 540. The van der Waals surface area contributed by atoms with Gasteiger partial charge in [0.25, 0.3) is 0 Å². The molecule has 0 saturated heterocycles. The Morgan fingerprint density at radius 2 is 2.19 bits per heavy atom. The SMILES string of the molecule is Cn1cc(C(=O)c2cn[nH]c2)cc1C(=O)O. The second-order valence-electron chi connectivity index (χ2n) is 3.35. The molecule has 2 rings (SSSR count). The van der Waals surface area contributed by atoms with E-state index >= 15 is 0 Å². The molecule has 0 atom stereocenters. The first-order valence-electron chi connectivity index (χ1n) is 4.52. The summed E-state index contributed by atoms with van der Waals surface area (Å²) in [7, 11) is 1.58. The van der Waals surface area contributed by atoms with Crippen LogP contribution in [-0.2, 0) is 7.05 Å². The number of hydrogen-bond donors (Lipinski definition) is 2. The van der Waals surface area contributed by atoms with E-state index in [1.807, 2.05) is 0 Å². The number of H-pyrrole nitrogens is 1. The highest BCUT2D eigenvalue weighted by atomic mass is 16.4. The van der Waals surface area contributed by atoms with E-state index < -0.39 is 5.97 Å². The minimum atomic E-state index is -1.06. The van der Waals surface area contributed by atoms with Crippen molar-refractivity contribution in [3.8, 4) is 0 Å². The minimum Gasteiger partial charge on any atom is -0.477 e. The van der Waals surface area contributed by atoms with E-state index in [9.17, 15) is 9.59 Å². The zero-order chi connectivity index (χ0) is 11.7. The summed E-state index contributed by atoms with van der Waals surface area (Å²) in [4.78, 5) is 22.6. The second kappa shape index (κ2) is 3.65. The molecule has 16 heavy (non-hydrogen) atoms. The summed E-state index contributed by atoms with van der Waals surface area (Å²) < 4.78 is 1.40. The number of aryl methyl sites for hydroxylation is 1. The highest BCUT2D eigenvalue weighted by molar-refractivity contribution is 6.09. The van der Waals surface area contributed by atoms with Crippen LogP contribution in [0.3, 0.4) is 0 Å². The van der Waals surface area contributed by atoms with Gasteiger partial charge in [0, 0.05) is 25.0 Å². The molecular weight excluding hydrogens is 210 g/mol. The number of carboxylic acids is 1. The topological polar surface area (TPSA) is 88.0 Å². The van der Waals surface area contributed by atoms with Gasteiger partial charge in [-0.15, -0.1) is 0 Å². The molecule has 6 heteroatoms. The number of carbonyl (C=O) groups is 2. The van der Waals surface area contributed by atoms with Crippen molar-refractivity contribution >= 4 is 11.8 Å². The van der Waals surface area contributed by atoms with Gasteiger partial charge in [0.15, 0.2) is 5.78 Å². The second-order valence-corrected chi connectivity index (χ2v) is 3.35. The fourth-order valence-corrected chi connectivity index (χ4v) is 1.44. The molecule has 0 spiro atoms. The number of nitrogens with one attached hydrogen (secondary N) is 1. The third-order valence-corrected chi connectivity index (χ3v) is 2.25. The van der Waals surface area contributed by atoms with E-state index in [2.05, 4.69) is 10.2 Å². The molecule has 82 valence electrons. The van der Waals surface area contributed by atoms with Crippen molar-refractivity contribution in [2.45, 2.75) is 0 Å². The molecule has 0 saturated carbocycles. The maximum Gasteiger partial charge on any atom is 0.352 e. The van der Waals surface area contributed by atoms with Crippen LogP contribution in [0.1, 0.15) is 26.4 Å². The Balaban J connectivity index is 2.39. The van der Waals surface area contributed by atoms with Gasteiger partial charge in [-0.3, -0.25) is 9.89 Å². The molecule has 0 aliphatic heterocycles. The number of rotatable bonds is 3. The van der Waals surface area contributed by atoms with Crippen LogP contribution in [0.15, 0.2) is 24.7 Å². The van der Waals surface area contributed by atoms with Gasteiger partial charge < -0.3 is 9.67 Å².